The van der Waals surface area contributed by atoms with Crippen molar-refractivity contribution in [2.45, 2.75) is 54.5 Å². The van der Waals surface area contributed by atoms with Gasteiger partial charge < -0.3 is 96.3 Å². The molecule has 0 aromatic heterocycles. The van der Waals surface area contributed by atoms with Gasteiger partial charge in [-0.3, -0.25) is 9.69 Å². The third-order valence-corrected chi connectivity index (χ3v) is 6.59. The smallest absolute Gasteiger partial charge is 0.453 e. The Kier molecular flexibility index (Phi) is 7.59. The van der Waals surface area contributed by atoms with Crippen molar-refractivity contribution in [1.82, 2.24) is 4.90 Å². The van der Waals surface area contributed by atoms with Gasteiger partial charge >= 0.3 is 24.3 Å². The zero-order chi connectivity index (χ0) is 31.0. The van der Waals surface area contributed by atoms with Crippen LogP contribution < -0.4 is 9.47 Å². The van der Waals surface area contributed by atoms with Gasteiger partial charge in [0.1, 0.15) is 5.78 Å². The average molecular weight is 589 g/mol. The molecule has 1 aromatic carbocycles. The summed E-state index contributed by atoms with van der Waals surface area (Å²) in [6.07, 6.45) is -9.54. The summed E-state index contributed by atoms with van der Waals surface area (Å²) in [5, 5.41) is 164. The van der Waals surface area contributed by atoms with Crippen molar-refractivity contribution in [3.63, 3.8) is 0 Å². The molecular formula is C19H27NO20. The Balaban J connectivity index is 2.13. The van der Waals surface area contributed by atoms with Gasteiger partial charge in [-0.15, -0.1) is 0 Å². The van der Waals surface area contributed by atoms with E-state index in [1.807, 2.05) is 0 Å². The Hall–Kier alpha value is -2.55. The minimum absolute atomic E-state index is 0.319. The number of hydrogen-bond donors (Lipinski definition) is 17. The fourth-order valence-electron chi connectivity index (χ4n) is 4.86. The van der Waals surface area contributed by atoms with E-state index in [0.29, 0.717) is 0 Å². The quantitative estimate of drug-likeness (QED) is 0.0987. The summed E-state index contributed by atoms with van der Waals surface area (Å²) in [6, 6.07) is -1.43. The van der Waals surface area contributed by atoms with E-state index in [9.17, 15) is 76.3 Å². The topological polar surface area (TPSA) is 383 Å². The molecule has 0 aliphatic carbocycles. The molecule has 21 nitrogen and oxygen atoms in total. The van der Waals surface area contributed by atoms with Gasteiger partial charge in [0.25, 0.3) is 5.60 Å². The molecule has 2 aliphatic heterocycles. The number of carbonyl (C=O) groups excluding carboxylic acids is 1. The third-order valence-electron chi connectivity index (χ3n) is 6.59. The van der Waals surface area contributed by atoms with E-state index in [-0.39, 0.29) is 12.1 Å². The molecule has 2 aliphatic rings. The highest BCUT2D eigenvalue weighted by atomic mass is 16.9. The van der Waals surface area contributed by atoms with Crippen molar-refractivity contribution in [1.29, 1.82) is 0 Å². The molecule has 0 bridgehead atoms. The molecule has 2 atom stereocenters. The molecule has 1 aromatic rings. The van der Waals surface area contributed by atoms with Gasteiger partial charge in [0, 0.05) is 36.7 Å². The molecule has 17 N–H and O–H groups in total. The summed E-state index contributed by atoms with van der Waals surface area (Å²) in [4.78, 5) is 14.1. The average Bonchev–Trinajstić information content (AvgIpc) is 2.74. The first-order chi connectivity index (χ1) is 17.7. The van der Waals surface area contributed by atoms with Crippen molar-refractivity contribution in [3.8, 4) is 23.0 Å². The van der Waals surface area contributed by atoms with Crippen molar-refractivity contribution < 1.29 is 101 Å². The Morgan fingerprint density at radius 3 is 1.57 bits per heavy atom. The van der Waals surface area contributed by atoms with Crippen molar-refractivity contribution in [2.75, 3.05) is 13.1 Å². The molecule has 0 spiro atoms. The van der Waals surface area contributed by atoms with Crippen LogP contribution in [0, 0.1) is 5.92 Å². The van der Waals surface area contributed by atoms with Gasteiger partial charge in [-0.1, -0.05) is 0 Å². The van der Waals surface area contributed by atoms with Gasteiger partial charge in [-0.2, -0.15) is 0 Å². The second-order valence-corrected chi connectivity index (χ2v) is 9.29. The van der Waals surface area contributed by atoms with E-state index in [1.165, 1.54) is 0 Å². The Bertz CT molecular complexity index is 1140. The zero-order valence-corrected chi connectivity index (χ0v) is 19.8. The van der Waals surface area contributed by atoms with Crippen LogP contribution in [0.2, 0.25) is 0 Å². The number of piperidine rings is 1. The summed E-state index contributed by atoms with van der Waals surface area (Å²) in [5.74, 6) is -23.2. The summed E-state index contributed by atoms with van der Waals surface area (Å²) < 4.78 is 8.53. The van der Waals surface area contributed by atoms with Crippen LogP contribution in [0.3, 0.4) is 0 Å². The molecule has 3 rings (SSSR count). The normalized spacial score (nSPS) is 21.6. The maximum atomic E-state index is 13.0. The van der Waals surface area contributed by atoms with E-state index in [4.69, 9.17) is 15.3 Å². The number of fused-ring (bicyclic) bond motifs is 3. The minimum atomic E-state index is -4.86. The van der Waals surface area contributed by atoms with Crippen molar-refractivity contribution >= 4 is 5.78 Å². The predicted octanol–water partition coefficient (Wildman–Crippen LogP) is -8.81. The number of hydrogen-bond acceptors (Lipinski definition) is 21. The SMILES string of the molecule is O=C1CC2c3c(O)c(OC(O)(O)O)c(OC(O)(O)O)c(O)c3CCN2CC1C(O)(O)C(O)(C(O)(O)O)C(O)(O)O. The zero-order valence-electron chi connectivity index (χ0n) is 19.8. The number of Topliss-reactive ketones (excluding diaryl/α,β-unsaturated/α-hetero) is 1. The molecule has 2 heterocycles. The summed E-state index contributed by atoms with van der Waals surface area (Å²) in [7, 11) is 0. The number of ether oxygens (including phenoxy) is 2. The minimum Gasteiger partial charge on any atom is -0.504 e. The Morgan fingerprint density at radius 2 is 1.15 bits per heavy atom. The van der Waals surface area contributed by atoms with Gasteiger partial charge in [-0.05, 0) is 6.42 Å². The predicted molar refractivity (Wildman–Crippen MR) is 112 cm³/mol. The van der Waals surface area contributed by atoms with Crippen LogP contribution in [0.5, 0.6) is 23.0 Å². The number of phenolic OH excluding ortho intramolecular Hbond substituents is 2. The highest BCUT2D eigenvalue weighted by Gasteiger charge is 2.76. The van der Waals surface area contributed by atoms with Crippen LogP contribution in [0.1, 0.15) is 23.6 Å². The highest BCUT2D eigenvalue weighted by molar-refractivity contribution is 5.85. The number of aliphatic hydroxyl groups is 15. The number of carbonyl (C=O) groups is 1. The molecule has 0 saturated carbocycles. The lowest BCUT2D eigenvalue weighted by molar-refractivity contribution is -0.545. The number of benzene rings is 1. The lowest BCUT2D eigenvalue weighted by Gasteiger charge is -2.52. The van der Waals surface area contributed by atoms with E-state index in [1.54, 1.807) is 0 Å². The fourth-order valence-corrected chi connectivity index (χ4v) is 4.86. The van der Waals surface area contributed by atoms with Crippen LogP contribution in [0.15, 0.2) is 0 Å². The Morgan fingerprint density at radius 1 is 0.700 bits per heavy atom. The van der Waals surface area contributed by atoms with Crippen LogP contribution in [-0.2, 0) is 11.2 Å². The number of ketones is 1. The first-order valence-corrected chi connectivity index (χ1v) is 10.9. The molecule has 2 unspecified atom stereocenters. The van der Waals surface area contributed by atoms with E-state index in [2.05, 4.69) is 9.47 Å². The molecule has 0 radical (unpaired) electrons. The number of nitrogens with zero attached hydrogens (tertiary/aromatic N) is 1. The summed E-state index contributed by atoms with van der Waals surface area (Å²) in [6.45, 7) is -1.30. The van der Waals surface area contributed by atoms with Crippen molar-refractivity contribution in [2.24, 2.45) is 5.92 Å². The molecule has 1 saturated heterocycles. The highest BCUT2D eigenvalue weighted by Crippen LogP contribution is 2.56. The van der Waals surface area contributed by atoms with Crippen LogP contribution in [0.4, 0.5) is 0 Å². The summed E-state index contributed by atoms with van der Waals surface area (Å²) >= 11 is 0. The van der Waals surface area contributed by atoms with Crippen molar-refractivity contribution in [3.05, 3.63) is 11.1 Å². The number of rotatable bonds is 8. The maximum Gasteiger partial charge on any atom is 0.453 e. The molecule has 40 heavy (non-hydrogen) atoms. The van der Waals surface area contributed by atoms with E-state index < -0.39 is 101 Å². The van der Waals surface area contributed by atoms with Gasteiger partial charge in [0.2, 0.25) is 17.3 Å². The number of phenols is 2. The molecule has 21 heteroatoms. The molecular weight excluding hydrogens is 562 g/mol. The standard InChI is InChI=1S/C19H27NO20/c21-8-3-7-9-5(10(22)12(39-18(33,34)35)13(11(9)23)40-19(36,37)38)1-2-20(7)4-6(8)14(24,25)15(26,16(27,28)29)17(30,31)32/h6-7,22-38H,1-4H2. The molecule has 1 fully saturated rings. The first kappa shape index (κ1) is 32.0. The van der Waals surface area contributed by atoms with Crippen LogP contribution in [0.25, 0.3) is 0 Å². The fraction of sp³-hybridized carbons (Fsp3) is 0.632. The second kappa shape index (κ2) is 9.50. The van der Waals surface area contributed by atoms with Crippen LogP contribution in [-0.4, -0.2) is 146 Å². The second-order valence-electron chi connectivity index (χ2n) is 9.29. The van der Waals surface area contributed by atoms with E-state index in [0.717, 1.165) is 4.90 Å². The summed E-state index contributed by atoms with van der Waals surface area (Å²) in [5.41, 5.74) is -5.70. The van der Waals surface area contributed by atoms with Crippen LogP contribution >= 0.6 is 0 Å². The van der Waals surface area contributed by atoms with Gasteiger partial charge in [0.05, 0.1) is 5.92 Å². The third kappa shape index (κ3) is 5.26. The largest absolute Gasteiger partial charge is 0.504 e. The van der Waals surface area contributed by atoms with Gasteiger partial charge in [-0.25, -0.2) is 0 Å². The molecule has 0 amide bonds. The molecule has 228 valence electrons. The van der Waals surface area contributed by atoms with E-state index >= 15 is 0 Å². The Labute approximate surface area is 220 Å². The number of aromatic hydroxyl groups is 2. The monoisotopic (exact) mass is 589 g/mol. The van der Waals surface area contributed by atoms with Gasteiger partial charge in [0.15, 0.2) is 11.5 Å². The lowest BCUT2D eigenvalue weighted by atomic mass is 9.72. The lowest BCUT2D eigenvalue weighted by Crippen LogP contribution is -2.81. The first-order valence-electron chi connectivity index (χ1n) is 10.9. The maximum absolute atomic E-state index is 13.0.